The fraction of sp³-hybridized carbons (Fsp3) is 0.583. The average molecular weight is 240 g/mol. The van der Waals surface area contributed by atoms with Crippen LogP contribution in [0.5, 0.6) is 0 Å². The van der Waals surface area contributed by atoms with Gasteiger partial charge in [-0.05, 0) is 38.1 Å². The third-order valence-corrected chi connectivity index (χ3v) is 3.50. The highest BCUT2D eigenvalue weighted by Gasteiger charge is 2.18. The predicted molar refractivity (Wildman–Crippen MR) is 66.6 cm³/mol. The van der Waals surface area contributed by atoms with Crippen LogP contribution in [0.4, 0.5) is 0 Å². The summed E-state index contributed by atoms with van der Waals surface area (Å²) in [6, 6.07) is 2.63. The fourth-order valence-corrected chi connectivity index (χ4v) is 2.39. The number of hydrogen-bond acceptors (Lipinski definition) is 3. The van der Waals surface area contributed by atoms with E-state index in [-0.39, 0.29) is 0 Å². The molecule has 0 saturated carbocycles. The Labute approximate surface area is 102 Å². The molecule has 0 bridgehead atoms. The maximum Gasteiger partial charge on any atom is 0.0634 e. The lowest BCUT2D eigenvalue weighted by atomic mass is 10.1. The van der Waals surface area contributed by atoms with E-state index in [1.165, 1.54) is 18.4 Å². The molecule has 1 saturated heterocycles. The molecule has 1 aliphatic rings. The normalized spacial score (nSPS) is 22.2. The monoisotopic (exact) mass is 239 g/mol. The second kappa shape index (κ2) is 5.62. The number of nitrogens with one attached hydrogen (secondary N) is 1. The van der Waals surface area contributed by atoms with Crippen molar-refractivity contribution in [3.8, 4) is 0 Å². The maximum atomic E-state index is 6.11. The molecule has 0 aromatic carbocycles. The number of likely N-dealkylation sites (N-methyl/N-ethyl adjacent to an activating group) is 1. The van der Waals surface area contributed by atoms with E-state index in [4.69, 9.17) is 11.6 Å². The molecule has 3 nitrogen and oxygen atoms in total. The van der Waals surface area contributed by atoms with E-state index < -0.39 is 0 Å². The first-order chi connectivity index (χ1) is 7.79. The van der Waals surface area contributed by atoms with Crippen molar-refractivity contribution in [3.05, 3.63) is 29.0 Å². The molecule has 0 spiro atoms. The van der Waals surface area contributed by atoms with Crippen LogP contribution in [0, 0.1) is 0 Å². The first kappa shape index (κ1) is 11.8. The number of halogens is 1. The van der Waals surface area contributed by atoms with Crippen LogP contribution < -0.4 is 5.32 Å². The van der Waals surface area contributed by atoms with Crippen LogP contribution in [0.25, 0.3) is 0 Å². The number of aromatic nitrogens is 1. The molecule has 88 valence electrons. The fourth-order valence-electron chi connectivity index (χ4n) is 2.21. The Morgan fingerprint density at radius 2 is 2.50 bits per heavy atom. The number of hydrogen-bond donors (Lipinski definition) is 1. The molecule has 2 rings (SSSR count). The molecule has 0 amide bonds. The van der Waals surface area contributed by atoms with Crippen molar-refractivity contribution >= 4 is 11.6 Å². The summed E-state index contributed by atoms with van der Waals surface area (Å²) in [5.74, 6) is 0. The highest BCUT2D eigenvalue weighted by molar-refractivity contribution is 6.31. The molecule has 16 heavy (non-hydrogen) atoms. The van der Waals surface area contributed by atoms with Gasteiger partial charge in [0.05, 0.1) is 5.02 Å². The zero-order valence-corrected chi connectivity index (χ0v) is 10.4. The van der Waals surface area contributed by atoms with Gasteiger partial charge in [0, 0.05) is 31.5 Å². The van der Waals surface area contributed by atoms with E-state index in [0.717, 1.165) is 24.7 Å². The van der Waals surface area contributed by atoms with Gasteiger partial charge >= 0.3 is 0 Å². The summed E-state index contributed by atoms with van der Waals surface area (Å²) in [6.45, 7) is 3.20. The molecule has 0 radical (unpaired) electrons. The van der Waals surface area contributed by atoms with Gasteiger partial charge in [0.1, 0.15) is 0 Å². The molecule has 0 aliphatic carbocycles. The first-order valence-electron chi connectivity index (χ1n) is 5.77. The van der Waals surface area contributed by atoms with Crippen LogP contribution in [-0.2, 0) is 6.54 Å². The molecule has 1 aromatic heterocycles. The van der Waals surface area contributed by atoms with Gasteiger partial charge < -0.3 is 5.32 Å². The SMILES string of the molecule is CNC1CCCN(Cc2ccncc2Cl)C1. The average Bonchev–Trinajstić information content (AvgIpc) is 2.32. The molecule has 1 N–H and O–H groups in total. The van der Waals surface area contributed by atoms with Crippen molar-refractivity contribution in [1.82, 2.24) is 15.2 Å². The molecule has 1 unspecified atom stereocenters. The maximum absolute atomic E-state index is 6.11. The molecular formula is C12H18ClN3. The van der Waals surface area contributed by atoms with Gasteiger partial charge in [0.25, 0.3) is 0 Å². The minimum Gasteiger partial charge on any atom is -0.316 e. The summed E-state index contributed by atoms with van der Waals surface area (Å²) in [5.41, 5.74) is 1.17. The summed E-state index contributed by atoms with van der Waals surface area (Å²) in [5, 5.41) is 4.12. The summed E-state index contributed by atoms with van der Waals surface area (Å²) in [6.07, 6.45) is 6.06. The van der Waals surface area contributed by atoms with Crippen LogP contribution in [0.3, 0.4) is 0 Å². The van der Waals surface area contributed by atoms with E-state index in [0.29, 0.717) is 6.04 Å². The minimum absolute atomic E-state index is 0.620. The van der Waals surface area contributed by atoms with Gasteiger partial charge in [0.2, 0.25) is 0 Å². The lowest BCUT2D eigenvalue weighted by Crippen LogP contribution is -2.43. The molecule has 1 aliphatic heterocycles. The zero-order valence-electron chi connectivity index (χ0n) is 9.62. The quantitative estimate of drug-likeness (QED) is 0.874. The van der Waals surface area contributed by atoms with Crippen LogP contribution in [-0.4, -0.2) is 36.1 Å². The summed E-state index contributed by atoms with van der Waals surface area (Å²) >= 11 is 6.11. The topological polar surface area (TPSA) is 28.2 Å². The van der Waals surface area contributed by atoms with Crippen molar-refractivity contribution in [2.24, 2.45) is 0 Å². The lowest BCUT2D eigenvalue weighted by molar-refractivity contribution is 0.188. The molecule has 1 atom stereocenters. The Morgan fingerprint density at radius 3 is 3.25 bits per heavy atom. The Hall–Kier alpha value is -0.640. The number of rotatable bonds is 3. The zero-order chi connectivity index (χ0) is 11.4. The van der Waals surface area contributed by atoms with Crippen molar-refractivity contribution in [3.63, 3.8) is 0 Å². The largest absolute Gasteiger partial charge is 0.316 e. The molecular weight excluding hydrogens is 222 g/mol. The van der Waals surface area contributed by atoms with Crippen LogP contribution in [0.1, 0.15) is 18.4 Å². The Balaban J connectivity index is 1.97. The van der Waals surface area contributed by atoms with E-state index in [9.17, 15) is 0 Å². The first-order valence-corrected chi connectivity index (χ1v) is 6.15. The summed E-state index contributed by atoms with van der Waals surface area (Å²) in [4.78, 5) is 6.46. The van der Waals surface area contributed by atoms with Crippen molar-refractivity contribution in [1.29, 1.82) is 0 Å². The van der Waals surface area contributed by atoms with Crippen molar-refractivity contribution in [2.75, 3.05) is 20.1 Å². The van der Waals surface area contributed by atoms with E-state index in [2.05, 4.69) is 15.2 Å². The van der Waals surface area contributed by atoms with Crippen molar-refractivity contribution < 1.29 is 0 Å². The highest BCUT2D eigenvalue weighted by Crippen LogP contribution is 2.18. The van der Waals surface area contributed by atoms with E-state index >= 15 is 0 Å². The van der Waals surface area contributed by atoms with Crippen LogP contribution >= 0.6 is 11.6 Å². The second-order valence-electron chi connectivity index (χ2n) is 4.33. The minimum atomic E-state index is 0.620. The highest BCUT2D eigenvalue weighted by atomic mass is 35.5. The predicted octanol–water partition coefficient (Wildman–Crippen LogP) is 1.92. The van der Waals surface area contributed by atoms with E-state index in [1.54, 1.807) is 12.4 Å². The number of piperidine rings is 1. The summed E-state index contributed by atoms with van der Waals surface area (Å²) in [7, 11) is 2.04. The number of likely N-dealkylation sites (tertiary alicyclic amines) is 1. The molecule has 2 heterocycles. The smallest absolute Gasteiger partial charge is 0.0634 e. The van der Waals surface area contributed by atoms with Gasteiger partial charge in [0.15, 0.2) is 0 Å². The Morgan fingerprint density at radius 1 is 1.62 bits per heavy atom. The standard InChI is InChI=1S/C12H18ClN3/c1-14-11-3-2-6-16(9-11)8-10-4-5-15-7-12(10)13/h4-5,7,11,14H,2-3,6,8-9H2,1H3. The molecule has 4 heteroatoms. The Kier molecular flexibility index (Phi) is 4.16. The third kappa shape index (κ3) is 2.94. The van der Waals surface area contributed by atoms with Gasteiger partial charge in [-0.3, -0.25) is 9.88 Å². The molecule has 1 fully saturated rings. The third-order valence-electron chi connectivity index (χ3n) is 3.16. The van der Waals surface area contributed by atoms with Gasteiger partial charge in [-0.2, -0.15) is 0 Å². The van der Waals surface area contributed by atoms with Gasteiger partial charge in [-0.1, -0.05) is 11.6 Å². The van der Waals surface area contributed by atoms with Crippen LogP contribution in [0.15, 0.2) is 18.5 Å². The number of pyridine rings is 1. The summed E-state index contributed by atoms with van der Waals surface area (Å²) < 4.78 is 0. The lowest BCUT2D eigenvalue weighted by Gasteiger charge is -2.32. The van der Waals surface area contributed by atoms with Crippen LogP contribution in [0.2, 0.25) is 5.02 Å². The van der Waals surface area contributed by atoms with Crippen molar-refractivity contribution in [2.45, 2.75) is 25.4 Å². The Bertz CT molecular complexity index is 343. The molecule has 1 aromatic rings. The van der Waals surface area contributed by atoms with Gasteiger partial charge in [-0.15, -0.1) is 0 Å². The number of nitrogens with zero attached hydrogens (tertiary/aromatic N) is 2. The van der Waals surface area contributed by atoms with Gasteiger partial charge in [-0.25, -0.2) is 0 Å². The van der Waals surface area contributed by atoms with E-state index in [1.807, 2.05) is 13.1 Å². The second-order valence-corrected chi connectivity index (χ2v) is 4.74.